The van der Waals surface area contributed by atoms with Crippen molar-refractivity contribution >= 4 is 45.1 Å². The molecule has 0 aliphatic rings. The highest BCUT2D eigenvalue weighted by Crippen LogP contribution is 2.27. The van der Waals surface area contributed by atoms with E-state index in [9.17, 15) is 0 Å². The lowest BCUT2D eigenvalue weighted by Gasteiger charge is -2.10. The molecular weight excluding hydrogens is 302 g/mol. The first-order valence-corrected chi connectivity index (χ1v) is 8.06. The minimum atomic E-state index is 0.281. The lowest BCUT2D eigenvalue weighted by atomic mass is 9.97. The molecule has 4 heteroatoms. The van der Waals surface area contributed by atoms with Crippen LogP contribution >= 0.6 is 12.2 Å². The van der Waals surface area contributed by atoms with Gasteiger partial charge < -0.3 is 5.32 Å². The minimum absolute atomic E-state index is 0.281. The normalized spacial score (nSPS) is 11.4. The molecule has 0 bridgehead atoms. The summed E-state index contributed by atoms with van der Waals surface area (Å²) in [5.41, 5.74) is 3.98. The molecule has 0 atom stereocenters. The molecule has 0 amide bonds. The molecule has 0 unspecified atom stereocenters. The van der Waals surface area contributed by atoms with Gasteiger partial charge in [0.1, 0.15) is 0 Å². The number of hydrogen-bond acceptors (Lipinski definition) is 2. The van der Waals surface area contributed by atoms with Crippen LogP contribution in [0.2, 0.25) is 0 Å². The van der Waals surface area contributed by atoms with E-state index in [-0.39, 0.29) is 6.04 Å². The zero-order valence-corrected chi connectivity index (χ0v) is 14.0. The minimum Gasteiger partial charge on any atom is -0.359 e. The zero-order chi connectivity index (χ0) is 16.2. The molecule has 0 spiro atoms. The molecule has 0 heterocycles. The highest BCUT2D eigenvalue weighted by Gasteiger charge is 2.05. The monoisotopic (exact) mass is 321 g/mol. The van der Waals surface area contributed by atoms with E-state index in [1.807, 2.05) is 32.2 Å². The number of nitrogens with zero attached hydrogens (tertiary/aromatic N) is 1. The van der Waals surface area contributed by atoms with Gasteiger partial charge in [-0.25, -0.2) is 0 Å². The molecule has 0 aliphatic carbocycles. The Bertz CT molecular complexity index is 830. The molecule has 0 aliphatic heterocycles. The van der Waals surface area contributed by atoms with Crippen molar-refractivity contribution in [1.29, 1.82) is 0 Å². The number of thiocarbonyl (C=S) groups is 1. The van der Waals surface area contributed by atoms with Gasteiger partial charge in [0, 0.05) is 11.6 Å². The van der Waals surface area contributed by atoms with E-state index in [0.717, 1.165) is 5.56 Å². The highest BCUT2D eigenvalue weighted by molar-refractivity contribution is 7.80. The van der Waals surface area contributed by atoms with E-state index in [1.54, 1.807) is 0 Å². The summed E-state index contributed by atoms with van der Waals surface area (Å²) < 4.78 is 0. The fourth-order valence-corrected chi connectivity index (χ4v) is 2.93. The highest BCUT2D eigenvalue weighted by atomic mass is 32.1. The van der Waals surface area contributed by atoms with E-state index in [4.69, 9.17) is 12.2 Å². The molecule has 3 nitrogen and oxygen atoms in total. The van der Waals surface area contributed by atoms with Crippen molar-refractivity contribution in [3.05, 3.63) is 60.2 Å². The van der Waals surface area contributed by atoms with Gasteiger partial charge in [0.15, 0.2) is 5.11 Å². The van der Waals surface area contributed by atoms with Crippen LogP contribution in [0.25, 0.3) is 21.5 Å². The van der Waals surface area contributed by atoms with Gasteiger partial charge in [-0.1, -0.05) is 48.5 Å². The molecule has 3 rings (SSSR count). The SMILES string of the molecule is CC(C)NC(=S)N/N=C/c1c2ccccc2cc2ccccc12. The molecule has 0 aromatic heterocycles. The molecule has 0 radical (unpaired) electrons. The summed E-state index contributed by atoms with van der Waals surface area (Å²) in [6, 6.07) is 19.2. The number of benzene rings is 3. The van der Waals surface area contributed by atoms with E-state index in [2.05, 4.69) is 58.3 Å². The van der Waals surface area contributed by atoms with Gasteiger partial charge in [0.05, 0.1) is 6.21 Å². The second-order valence-electron chi connectivity index (χ2n) is 5.73. The molecule has 3 aromatic carbocycles. The molecule has 0 fully saturated rings. The van der Waals surface area contributed by atoms with E-state index >= 15 is 0 Å². The van der Waals surface area contributed by atoms with Crippen LogP contribution in [0.4, 0.5) is 0 Å². The fourth-order valence-electron chi connectivity index (χ4n) is 2.64. The third kappa shape index (κ3) is 3.48. The maximum atomic E-state index is 5.20. The largest absolute Gasteiger partial charge is 0.359 e. The third-order valence-corrected chi connectivity index (χ3v) is 3.80. The van der Waals surface area contributed by atoms with Crippen molar-refractivity contribution in [3.8, 4) is 0 Å². The van der Waals surface area contributed by atoms with Crippen molar-refractivity contribution in [1.82, 2.24) is 10.7 Å². The molecule has 2 N–H and O–H groups in total. The maximum absolute atomic E-state index is 5.20. The summed E-state index contributed by atoms with van der Waals surface area (Å²) in [6.45, 7) is 4.08. The third-order valence-electron chi connectivity index (χ3n) is 3.59. The van der Waals surface area contributed by atoms with Crippen LogP contribution in [0.15, 0.2) is 59.7 Å². The summed E-state index contributed by atoms with van der Waals surface area (Å²) >= 11 is 5.20. The molecule has 0 saturated heterocycles. The van der Waals surface area contributed by atoms with Crippen LogP contribution in [0, 0.1) is 0 Å². The Morgan fingerprint density at radius 1 is 1.00 bits per heavy atom. The molecule has 0 saturated carbocycles. The second kappa shape index (κ2) is 6.75. The lowest BCUT2D eigenvalue weighted by Crippen LogP contribution is -2.36. The van der Waals surface area contributed by atoms with Crippen molar-refractivity contribution in [2.45, 2.75) is 19.9 Å². The first kappa shape index (κ1) is 15.4. The van der Waals surface area contributed by atoms with E-state index in [1.165, 1.54) is 21.5 Å². The van der Waals surface area contributed by atoms with Crippen LogP contribution in [0.1, 0.15) is 19.4 Å². The first-order valence-electron chi connectivity index (χ1n) is 7.65. The van der Waals surface area contributed by atoms with Gasteiger partial charge in [-0.2, -0.15) is 5.10 Å². The van der Waals surface area contributed by atoms with Crippen molar-refractivity contribution in [2.24, 2.45) is 5.10 Å². The number of hydrazone groups is 1. The zero-order valence-electron chi connectivity index (χ0n) is 13.2. The Labute approximate surface area is 141 Å². The van der Waals surface area contributed by atoms with Gasteiger partial charge in [-0.05, 0) is 53.7 Å². The van der Waals surface area contributed by atoms with E-state index < -0.39 is 0 Å². The topological polar surface area (TPSA) is 36.4 Å². The Morgan fingerprint density at radius 3 is 2.13 bits per heavy atom. The Balaban J connectivity index is 2.02. The van der Waals surface area contributed by atoms with Gasteiger partial charge in [0.25, 0.3) is 0 Å². The van der Waals surface area contributed by atoms with Crippen molar-refractivity contribution in [3.63, 3.8) is 0 Å². The van der Waals surface area contributed by atoms with Gasteiger partial charge in [-0.15, -0.1) is 0 Å². The number of rotatable bonds is 3. The predicted molar refractivity (Wildman–Crippen MR) is 103 cm³/mol. The van der Waals surface area contributed by atoms with Crippen LogP contribution in [0.5, 0.6) is 0 Å². The quantitative estimate of drug-likeness (QED) is 0.328. The second-order valence-corrected chi connectivity index (χ2v) is 6.14. The van der Waals surface area contributed by atoms with Crippen LogP contribution < -0.4 is 10.7 Å². The van der Waals surface area contributed by atoms with E-state index in [0.29, 0.717) is 5.11 Å². The van der Waals surface area contributed by atoms with Gasteiger partial charge >= 0.3 is 0 Å². The fraction of sp³-hybridized carbons (Fsp3) is 0.158. The number of hydrogen-bond donors (Lipinski definition) is 2. The Hall–Kier alpha value is -2.46. The van der Waals surface area contributed by atoms with Gasteiger partial charge in [0.2, 0.25) is 0 Å². The van der Waals surface area contributed by atoms with Crippen LogP contribution in [0.3, 0.4) is 0 Å². The summed E-state index contributed by atoms with van der Waals surface area (Å²) in [6.07, 6.45) is 1.85. The summed E-state index contributed by atoms with van der Waals surface area (Å²) in [4.78, 5) is 0. The average molecular weight is 321 g/mol. The maximum Gasteiger partial charge on any atom is 0.187 e. The van der Waals surface area contributed by atoms with Crippen LogP contribution in [-0.2, 0) is 0 Å². The smallest absolute Gasteiger partial charge is 0.187 e. The molecule has 3 aromatic rings. The average Bonchev–Trinajstić information content (AvgIpc) is 2.53. The van der Waals surface area contributed by atoms with Crippen molar-refractivity contribution < 1.29 is 0 Å². The Kier molecular flexibility index (Phi) is 4.53. The van der Waals surface area contributed by atoms with Crippen molar-refractivity contribution in [2.75, 3.05) is 0 Å². The summed E-state index contributed by atoms with van der Waals surface area (Å²) in [5, 5.41) is 12.7. The standard InChI is InChI=1S/C19H19N3S/c1-13(2)21-19(23)22-20-12-18-16-9-5-3-7-14(16)11-15-8-4-6-10-17(15)18/h3-13H,1-2H3,(H2,21,22,23)/b20-12+. The first-order chi connectivity index (χ1) is 11.1. The predicted octanol–water partition coefficient (Wildman–Crippen LogP) is 4.20. The molecule has 116 valence electrons. The molecular formula is C19H19N3S. The van der Waals surface area contributed by atoms with Crippen LogP contribution in [-0.4, -0.2) is 17.4 Å². The lowest BCUT2D eigenvalue weighted by molar-refractivity contribution is 0.720. The summed E-state index contributed by atoms with van der Waals surface area (Å²) in [7, 11) is 0. The van der Waals surface area contributed by atoms with Gasteiger partial charge in [-0.3, -0.25) is 5.43 Å². The summed E-state index contributed by atoms with van der Waals surface area (Å²) in [5.74, 6) is 0. The molecule has 23 heavy (non-hydrogen) atoms. The number of fused-ring (bicyclic) bond motifs is 2. The Morgan fingerprint density at radius 2 is 1.57 bits per heavy atom. The number of nitrogens with one attached hydrogen (secondary N) is 2.